The zero-order chi connectivity index (χ0) is 15.0. The molecule has 1 aromatic rings. The third-order valence-corrected chi connectivity index (χ3v) is 4.82. The predicted molar refractivity (Wildman–Crippen MR) is 85.9 cm³/mol. The van der Waals surface area contributed by atoms with Crippen molar-refractivity contribution in [3.8, 4) is 0 Å². The molecule has 114 valence electrons. The summed E-state index contributed by atoms with van der Waals surface area (Å²) < 4.78 is 0. The van der Waals surface area contributed by atoms with Crippen molar-refractivity contribution in [3.63, 3.8) is 0 Å². The Morgan fingerprint density at radius 3 is 2.24 bits per heavy atom. The Labute approximate surface area is 134 Å². The van der Waals surface area contributed by atoms with Gasteiger partial charge in [0.2, 0.25) is 0 Å². The highest BCUT2D eigenvalue weighted by atomic mass is 35.5. The van der Waals surface area contributed by atoms with E-state index in [1.165, 1.54) is 19.4 Å². The van der Waals surface area contributed by atoms with E-state index in [2.05, 4.69) is 4.90 Å². The molecule has 0 atom stereocenters. The minimum Gasteiger partial charge on any atom is -0.396 e. The molecule has 0 radical (unpaired) electrons. The van der Waals surface area contributed by atoms with Gasteiger partial charge in [-0.25, -0.2) is 0 Å². The number of carbonyl (C=O) groups is 1. The van der Waals surface area contributed by atoms with Crippen LogP contribution in [0.2, 0.25) is 10.0 Å². The fourth-order valence-corrected chi connectivity index (χ4v) is 3.18. The van der Waals surface area contributed by atoms with Crippen molar-refractivity contribution < 1.29 is 4.79 Å². The Balaban J connectivity index is 1.63. The van der Waals surface area contributed by atoms with Crippen molar-refractivity contribution in [2.24, 2.45) is 5.92 Å². The number of hydrogen-bond donors (Lipinski definition) is 1. The summed E-state index contributed by atoms with van der Waals surface area (Å²) in [5.74, 6) is 0.867. The van der Waals surface area contributed by atoms with Gasteiger partial charge < -0.3 is 10.6 Å². The molecule has 3 rings (SSSR count). The maximum atomic E-state index is 12.5. The molecule has 0 spiro atoms. The summed E-state index contributed by atoms with van der Waals surface area (Å²) in [5.41, 5.74) is 6.54. The Hall–Kier alpha value is -0.970. The molecule has 1 aliphatic carbocycles. The standard InChI is InChI=1S/C15H19Cl2N3O/c16-12-7-11(8-13(17)14(12)18)15(21)20-5-3-19(4-6-20)9-10-1-2-10/h7-8,10H,1-6,9,18H2. The number of nitrogens with zero attached hydrogens (tertiary/aromatic N) is 2. The van der Waals surface area contributed by atoms with Crippen LogP contribution in [0.25, 0.3) is 0 Å². The zero-order valence-corrected chi connectivity index (χ0v) is 13.3. The van der Waals surface area contributed by atoms with E-state index in [0.29, 0.717) is 21.3 Å². The molecule has 1 aromatic carbocycles. The summed E-state index contributed by atoms with van der Waals surface area (Å²) >= 11 is 12.0. The van der Waals surface area contributed by atoms with E-state index in [-0.39, 0.29) is 5.91 Å². The molecule has 1 saturated heterocycles. The van der Waals surface area contributed by atoms with Crippen molar-refractivity contribution in [1.82, 2.24) is 9.80 Å². The van der Waals surface area contributed by atoms with E-state index < -0.39 is 0 Å². The van der Waals surface area contributed by atoms with Crippen molar-refractivity contribution in [1.29, 1.82) is 0 Å². The Kier molecular flexibility index (Phi) is 4.29. The Bertz CT molecular complexity index is 529. The lowest BCUT2D eigenvalue weighted by atomic mass is 10.1. The molecule has 2 aliphatic rings. The second kappa shape index (κ2) is 6.03. The van der Waals surface area contributed by atoms with Crippen LogP contribution in [0.1, 0.15) is 23.2 Å². The minimum absolute atomic E-state index is 0.0233. The number of nitrogens with two attached hydrogens (primary N) is 1. The van der Waals surface area contributed by atoms with E-state index in [1.807, 2.05) is 4.90 Å². The lowest BCUT2D eigenvalue weighted by Crippen LogP contribution is -2.49. The summed E-state index contributed by atoms with van der Waals surface area (Å²) in [5, 5.41) is 0.663. The number of halogens is 2. The first-order valence-electron chi connectivity index (χ1n) is 7.30. The summed E-state index contributed by atoms with van der Waals surface area (Å²) in [7, 11) is 0. The lowest BCUT2D eigenvalue weighted by molar-refractivity contribution is 0.0632. The highest BCUT2D eigenvalue weighted by molar-refractivity contribution is 6.39. The largest absolute Gasteiger partial charge is 0.396 e. The van der Waals surface area contributed by atoms with Gasteiger partial charge in [0, 0.05) is 38.3 Å². The molecule has 4 nitrogen and oxygen atoms in total. The van der Waals surface area contributed by atoms with Crippen LogP contribution in [0, 0.1) is 5.92 Å². The Morgan fingerprint density at radius 1 is 1.14 bits per heavy atom. The molecule has 1 saturated carbocycles. The first-order chi connectivity index (χ1) is 10.0. The van der Waals surface area contributed by atoms with Crippen molar-refractivity contribution in [2.75, 3.05) is 38.5 Å². The van der Waals surface area contributed by atoms with Gasteiger partial charge in [-0.1, -0.05) is 23.2 Å². The third kappa shape index (κ3) is 3.44. The SMILES string of the molecule is Nc1c(Cl)cc(C(=O)N2CCN(CC3CC3)CC2)cc1Cl. The van der Waals surface area contributed by atoms with E-state index in [4.69, 9.17) is 28.9 Å². The van der Waals surface area contributed by atoms with Gasteiger partial charge in [-0.15, -0.1) is 0 Å². The summed E-state index contributed by atoms with van der Waals surface area (Å²) in [4.78, 5) is 16.8. The topological polar surface area (TPSA) is 49.6 Å². The normalized spacial score (nSPS) is 19.8. The van der Waals surface area contributed by atoms with Crippen LogP contribution in [0.5, 0.6) is 0 Å². The molecule has 0 aromatic heterocycles. The molecule has 6 heteroatoms. The molecule has 0 bridgehead atoms. The molecular formula is C15H19Cl2N3O. The maximum Gasteiger partial charge on any atom is 0.254 e. The van der Waals surface area contributed by atoms with Gasteiger partial charge in [0.1, 0.15) is 0 Å². The van der Waals surface area contributed by atoms with Crippen molar-refractivity contribution in [3.05, 3.63) is 27.7 Å². The average molecular weight is 328 g/mol. The quantitative estimate of drug-likeness (QED) is 0.868. The highest BCUT2D eigenvalue weighted by Crippen LogP contribution is 2.31. The van der Waals surface area contributed by atoms with Crippen molar-refractivity contribution >= 4 is 34.8 Å². The second-order valence-electron chi connectivity index (χ2n) is 5.89. The first kappa shape index (κ1) is 14.9. The number of amides is 1. The molecule has 1 amide bonds. The number of anilines is 1. The van der Waals surface area contributed by atoms with Gasteiger partial charge in [0.05, 0.1) is 15.7 Å². The number of hydrogen-bond acceptors (Lipinski definition) is 3. The molecule has 1 heterocycles. The molecule has 1 aliphatic heterocycles. The monoisotopic (exact) mass is 327 g/mol. The number of nitrogen functional groups attached to an aromatic ring is 1. The number of benzene rings is 1. The van der Waals surface area contributed by atoms with Gasteiger partial charge >= 0.3 is 0 Å². The molecule has 2 N–H and O–H groups in total. The van der Waals surface area contributed by atoms with Crippen molar-refractivity contribution in [2.45, 2.75) is 12.8 Å². The van der Waals surface area contributed by atoms with E-state index >= 15 is 0 Å². The van der Waals surface area contributed by atoms with Crippen LogP contribution in [-0.2, 0) is 0 Å². The van der Waals surface area contributed by atoms with Gasteiger partial charge in [-0.2, -0.15) is 0 Å². The predicted octanol–water partition coefficient (Wildman–Crippen LogP) is 2.74. The van der Waals surface area contributed by atoms with Gasteiger partial charge in [0.25, 0.3) is 5.91 Å². The van der Waals surface area contributed by atoms with Gasteiger partial charge in [-0.05, 0) is 30.9 Å². The lowest BCUT2D eigenvalue weighted by Gasteiger charge is -2.34. The first-order valence-corrected chi connectivity index (χ1v) is 8.06. The summed E-state index contributed by atoms with van der Waals surface area (Å²) in [6, 6.07) is 3.20. The molecule has 2 fully saturated rings. The highest BCUT2D eigenvalue weighted by Gasteiger charge is 2.28. The summed E-state index contributed by atoms with van der Waals surface area (Å²) in [6.45, 7) is 4.58. The van der Waals surface area contributed by atoms with Gasteiger partial charge in [0.15, 0.2) is 0 Å². The zero-order valence-electron chi connectivity index (χ0n) is 11.8. The van der Waals surface area contributed by atoms with Crippen LogP contribution >= 0.6 is 23.2 Å². The van der Waals surface area contributed by atoms with Crippen LogP contribution < -0.4 is 5.73 Å². The van der Waals surface area contributed by atoms with E-state index in [0.717, 1.165) is 32.1 Å². The maximum absolute atomic E-state index is 12.5. The van der Waals surface area contributed by atoms with Crippen LogP contribution in [0.3, 0.4) is 0 Å². The van der Waals surface area contributed by atoms with Crippen LogP contribution in [0.15, 0.2) is 12.1 Å². The van der Waals surface area contributed by atoms with E-state index in [1.54, 1.807) is 12.1 Å². The average Bonchev–Trinajstić information content (AvgIpc) is 3.28. The third-order valence-electron chi connectivity index (χ3n) is 4.20. The van der Waals surface area contributed by atoms with Crippen LogP contribution in [0.4, 0.5) is 5.69 Å². The Morgan fingerprint density at radius 2 is 1.71 bits per heavy atom. The number of rotatable bonds is 3. The minimum atomic E-state index is -0.0233. The fraction of sp³-hybridized carbons (Fsp3) is 0.533. The fourth-order valence-electron chi connectivity index (χ4n) is 2.69. The second-order valence-corrected chi connectivity index (χ2v) is 6.70. The number of carbonyl (C=O) groups excluding carboxylic acids is 1. The van der Waals surface area contributed by atoms with Gasteiger partial charge in [-0.3, -0.25) is 9.69 Å². The molecular weight excluding hydrogens is 309 g/mol. The van der Waals surface area contributed by atoms with Crippen LogP contribution in [-0.4, -0.2) is 48.4 Å². The van der Waals surface area contributed by atoms with E-state index in [9.17, 15) is 4.79 Å². The smallest absolute Gasteiger partial charge is 0.254 e. The number of piperazine rings is 1. The summed E-state index contributed by atoms with van der Waals surface area (Å²) in [6.07, 6.45) is 2.73. The molecule has 0 unspecified atom stereocenters. The molecule has 21 heavy (non-hydrogen) atoms.